The molecule has 1 saturated heterocycles. The van der Waals surface area contributed by atoms with Crippen LogP contribution < -0.4 is 5.32 Å². The first-order valence-electron chi connectivity index (χ1n) is 9.49. The zero-order valence-electron chi connectivity index (χ0n) is 15.8. The van der Waals surface area contributed by atoms with Crippen molar-refractivity contribution in [2.45, 2.75) is 44.7 Å². The predicted molar refractivity (Wildman–Crippen MR) is 118 cm³/mol. The Hall–Kier alpha value is -1.17. The molecule has 1 amide bonds. The summed E-state index contributed by atoms with van der Waals surface area (Å²) < 4.78 is 2.01. The van der Waals surface area contributed by atoms with Crippen molar-refractivity contribution in [3.8, 4) is 0 Å². The maximum Gasteiger partial charge on any atom is 0.237 e. The van der Waals surface area contributed by atoms with E-state index in [-0.39, 0.29) is 18.0 Å². The highest BCUT2D eigenvalue weighted by Gasteiger charge is 2.27. The Morgan fingerprint density at radius 2 is 1.63 bits per heavy atom. The van der Waals surface area contributed by atoms with Gasteiger partial charge >= 0.3 is 0 Å². The first kappa shape index (κ1) is 20.6. The number of halogens is 2. The minimum absolute atomic E-state index is 0.0318. The highest BCUT2D eigenvalue weighted by Crippen LogP contribution is 2.29. The normalized spacial score (nSPS) is 18.1. The molecular weight excluding hydrogens is 468 g/mol. The number of hydrogen-bond donors (Lipinski definition) is 1. The summed E-state index contributed by atoms with van der Waals surface area (Å²) in [5.74, 6) is 0.701. The van der Waals surface area contributed by atoms with E-state index in [1.807, 2.05) is 32.0 Å². The molecule has 1 N–H and O–H groups in total. The fourth-order valence-electron chi connectivity index (χ4n) is 3.75. The van der Waals surface area contributed by atoms with Crippen molar-refractivity contribution >= 4 is 37.8 Å². The van der Waals surface area contributed by atoms with Crippen molar-refractivity contribution in [2.75, 3.05) is 13.1 Å². The van der Waals surface area contributed by atoms with E-state index in [1.54, 1.807) is 0 Å². The molecule has 0 bridgehead atoms. The van der Waals surface area contributed by atoms with Gasteiger partial charge in [0.05, 0.1) is 12.1 Å². The minimum Gasteiger partial charge on any atom is -0.348 e. The summed E-state index contributed by atoms with van der Waals surface area (Å²) in [6.45, 7) is 5.97. The molecule has 3 nitrogen and oxygen atoms in total. The average Bonchev–Trinajstić information content (AvgIpc) is 2.67. The molecule has 0 saturated carbocycles. The molecule has 27 heavy (non-hydrogen) atoms. The summed E-state index contributed by atoms with van der Waals surface area (Å²) >= 11 is 7.03. The number of nitrogens with one attached hydrogen (secondary N) is 1. The zero-order valence-corrected chi connectivity index (χ0v) is 19.0. The fourth-order valence-corrected chi connectivity index (χ4v) is 5.08. The van der Waals surface area contributed by atoms with Crippen molar-refractivity contribution in [3.63, 3.8) is 0 Å². The second-order valence-corrected chi connectivity index (χ2v) is 9.16. The van der Waals surface area contributed by atoms with Gasteiger partial charge in [0.25, 0.3) is 0 Å². The number of likely N-dealkylation sites (tertiary alicyclic amines) is 1. The number of carbonyl (C=O) groups excluding carboxylic acids is 1. The lowest BCUT2D eigenvalue weighted by Gasteiger charge is -2.36. The van der Waals surface area contributed by atoms with Gasteiger partial charge < -0.3 is 5.32 Å². The number of piperidine rings is 1. The van der Waals surface area contributed by atoms with Gasteiger partial charge in [-0.2, -0.15) is 0 Å². The summed E-state index contributed by atoms with van der Waals surface area (Å²) in [4.78, 5) is 15.1. The molecule has 2 aromatic rings. The third-order valence-electron chi connectivity index (χ3n) is 5.47. The lowest BCUT2D eigenvalue weighted by atomic mass is 9.89. The summed E-state index contributed by atoms with van der Waals surface area (Å²) in [7, 11) is 0. The number of rotatable bonds is 5. The van der Waals surface area contributed by atoms with Crippen LogP contribution in [0.4, 0.5) is 0 Å². The molecule has 0 aromatic heterocycles. The van der Waals surface area contributed by atoms with Gasteiger partial charge in [-0.25, -0.2) is 0 Å². The number of nitrogens with zero attached hydrogens (tertiary/aromatic N) is 1. The summed E-state index contributed by atoms with van der Waals surface area (Å²) in [6, 6.07) is 16.7. The highest BCUT2D eigenvalue weighted by molar-refractivity contribution is 9.11. The minimum atomic E-state index is -0.111. The smallest absolute Gasteiger partial charge is 0.237 e. The first-order valence-corrected chi connectivity index (χ1v) is 11.1. The molecule has 0 radical (unpaired) electrons. The topological polar surface area (TPSA) is 32.3 Å². The third kappa shape index (κ3) is 5.43. The van der Waals surface area contributed by atoms with Crippen LogP contribution in [-0.2, 0) is 4.79 Å². The van der Waals surface area contributed by atoms with Crippen LogP contribution in [0.25, 0.3) is 0 Å². The van der Waals surface area contributed by atoms with Crippen LogP contribution in [0.5, 0.6) is 0 Å². The number of carbonyl (C=O) groups is 1. The molecule has 1 heterocycles. The molecular formula is C22H26Br2N2O. The van der Waals surface area contributed by atoms with E-state index in [2.05, 4.69) is 72.4 Å². The summed E-state index contributed by atoms with van der Waals surface area (Å²) in [5.41, 5.74) is 2.50. The van der Waals surface area contributed by atoms with E-state index in [9.17, 15) is 4.79 Å². The van der Waals surface area contributed by atoms with E-state index in [4.69, 9.17) is 0 Å². The van der Waals surface area contributed by atoms with Gasteiger partial charge in [-0.05, 0) is 75.0 Å². The standard InChI is InChI=1S/C22H26Br2N2O/c1-15(19-12-20(23)14-21(24)13-19)25-22(27)16(2)26-10-8-18(9-11-26)17-6-4-3-5-7-17/h3-7,12-16,18H,8-11H2,1-2H3,(H,25,27). The van der Waals surface area contributed by atoms with Crippen LogP contribution in [0.1, 0.15) is 49.8 Å². The summed E-state index contributed by atoms with van der Waals surface area (Å²) in [5, 5.41) is 3.17. The molecule has 2 atom stereocenters. The Morgan fingerprint density at radius 3 is 2.22 bits per heavy atom. The molecule has 2 unspecified atom stereocenters. The lowest BCUT2D eigenvalue weighted by molar-refractivity contribution is -0.127. The highest BCUT2D eigenvalue weighted by atomic mass is 79.9. The van der Waals surface area contributed by atoms with Gasteiger partial charge in [0.1, 0.15) is 0 Å². The maximum absolute atomic E-state index is 12.8. The predicted octanol–water partition coefficient (Wildman–Crippen LogP) is 5.66. The van der Waals surface area contributed by atoms with Gasteiger partial charge in [-0.3, -0.25) is 9.69 Å². The molecule has 1 aliphatic heterocycles. The fraction of sp³-hybridized carbons (Fsp3) is 0.409. The third-order valence-corrected chi connectivity index (χ3v) is 6.39. The molecule has 0 aliphatic carbocycles. The van der Waals surface area contributed by atoms with Crippen molar-refractivity contribution in [2.24, 2.45) is 0 Å². The molecule has 5 heteroatoms. The van der Waals surface area contributed by atoms with Crippen LogP contribution in [-0.4, -0.2) is 29.9 Å². The second-order valence-electron chi connectivity index (χ2n) is 7.33. The Balaban J connectivity index is 1.55. The first-order chi connectivity index (χ1) is 12.9. The van der Waals surface area contributed by atoms with Crippen molar-refractivity contribution in [1.82, 2.24) is 10.2 Å². The quantitative estimate of drug-likeness (QED) is 0.583. The molecule has 3 rings (SSSR count). The van der Waals surface area contributed by atoms with Crippen LogP contribution in [0.2, 0.25) is 0 Å². The monoisotopic (exact) mass is 492 g/mol. The average molecular weight is 494 g/mol. The van der Waals surface area contributed by atoms with E-state index in [0.717, 1.165) is 40.4 Å². The van der Waals surface area contributed by atoms with Crippen LogP contribution in [0, 0.1) is 0 Å². The molecule has 0 spiro atoms. The maximum atomic E-state index is 12.8. The Labute approximate surface area is 178 Å². The number of amides is 1. The van der Waals surface area contributed by atoms with Crippen LogP contribution >= 0.6 is 31.9 Å². The Morgan fingerprint density at radius 1 is 1.04 bits per heavy atom. The van der Waals surface area contributed by atoms with E-state index in [0.29, 0.717) is 5.92 Å². The van der Waals surface area contributed by atoms with Gasteiger partial charge in [0, 0.05) is 8.95 Å². The van der Waals surface area contributed by atoms with Gasteiger partial charge in [-0.15, -0.1) is 0 Å². The van der Waals surface area contributed by atoms with Crippen molar-refractivity contribution in [3.05, 3.63) is 68.6 Å². The number of hydrogen-bond acceptors (Lipinski definition) is 2. The zero-order chi connectivity index (χ0) is 19.4. The van der Waals surface area contributed by atoms with E-state index >= 15 is 0 Å². The largest absolute Gasteiger partial charge is 0.348 e. The second kappa shape index (κ2) is 9.35. The molecule has 1 aliphatic rings. The molecule has 144 valence electrons. The summed E-state index contributed by atoms with van der Waals surface area (Å²) in [6.07, 6.45) is 2.21. The van der Waals surface area contributed by atoms with Gasteiger partial charge in [0.2, 0.25) is 5.91 Å². The van der Waals surface area contributed by atoms with Gasteiger partial charge in [-0.1, -0.05) is 62.2 Å². The van der Waals surface area contributed by atoms with E-state index < -0.39 is 0 Å². The van der Waals surface area contributed by atoms with Gasteiger partial charge in [0.15, 0.2) is 0 Å². The van der Waals surface area contributed by atoms with Crippen LogP contribution in [0.15, 0.2) is 57.5 Å². The Kier molecular flexibility index (Phi) is 7.12. The van der Waals surface area contributed by atoms with E-state index in [1.165, 1.54) is 5.56 Å². The van der Waals surface area contributed by atoms with Crippen LogP contribution in [0.3, 0.4) is 0 Å². The number of benzene rings is 2. The lowest BCUT2D eigenvalue weighted by Crippen LogP contribution is -2.48. The van der Waals surface area contributed by atoms with Crippen molar-refractivity contribution < 1.29 is 4.79 Å². The molecule has 1 fully saturated rings. The Bertz CT molecular complexity index is 753. The molecule has 2 aromatic carbocycles. The SMILES string of the molecule is CC(NC(=O)C(C)N1CCC(c2ccccc2)CC1)c1cc(Br)cc(Br)c1. The van der Waals surface area contributed by atoms with Crippen molar-refractivity contribution in [1.29, 1.82) is 0 Å².